The predicted molar refractivity (Wildman–Crippen MR) is 82.4 cm³/mol. The lowest BCUT2D eigenvalue weighted by Crippen LogP contribution is -2.48. The molecule has 4 rings (SSSR count). The first-order valence-corrected chi connectivity index (χ1v) is 8.04. The number of amides is 2. The molecular formula is C17H20N2O4. The highest BCUT2D eigenvalue weighted by molar-refractivity contribution is 5.96. The number of benzene rings is 1. The van der Waals surface area contributed by atoms with E-state index in [4.69, 9.17) is 9.47 Å². The molecule has 3 heterocycles. The second-order valence-corrected chi connectivity index (χ2v) is 6.66. The Kier molecular flexibility index (Phi) is 3.21. The van der Waals surface area contributed by atoms with Gasteiger partial charge in [0.25, 0.3) is 5.91 Å². The van der Waals surface area contributed by atoms with Gasteiger partial charge >= 0.3 is 0 Å². The number of piperidine rings is 1. The molecule has 3 aliphatic rings. The van der Waals surface area contributed by atoms with Crippen molar-refractivity contribution in [3.05, 3.63) is 23.8 Å². The van der Waals surface area contributed by atoms with E-state index in [1.54, 1.807) is 28.0 Å². The van der Waals surface area contributed by atoms with Crippen LogP contribution >= 0.6 is 0 Å². The Balaban J connectivity index is 1.53. The van der Waals surface area contributed by atoms with Gasteiger partial charge in [-0.3, -0.25) is 9.59 Å². The van der Waals surface area contributed by atoms with Gasteiger partial charge in [0.05, 0.1) is 5.41 Å². The number of nitrogens with zero attached hydrogens (tertiary/aromatic N) is 2. The minimum absolute atomic E-state index is 0.0406. The summed E-state index contributed by atoms with van der Waals surface area (Å²) in [6, 6.07) is 5.25. The van der Waals surface area contributed by atoms with E-state index in [1.165, 1.54) is 0 Å². The maximum absolute atomic E-state index is 12.8. The van der Waals surface area contributed by atoms with Gasteiger partial charge in [-0.15, -0.1) is 0 Å². The number of hydrogen-bond donors (Lipinski definition) is 0. The largest absolute Gasteiger partial charge is 0.454 e. The summed E-state index contributed by atoms with van der Waals surface area (Å²) >= 11 is 0. The van der Waals surface area contributed by atoms with Crippen LogP contribution in [0.25, 0.3) is 0 Å². The second kappa shape index (κ2) is 5.15. The third-order valence-electron chi connectivity index (χ3n) is 5.21. The topological polar surface area (TPSA) is 59.1 Å². The maximum Gasteiger partial charge on any atom is 0.254 e. The summed E-state index contributed by atoms with van der Waals surface area (Å²) < 4.78 is 10.6. The zero-order valence-electron chi connectivity index (χ0n) is 13.2. The molecule has 0 bridgehead atoms. The quantitative estimate of drug-likeness (QED) is 0.788. The molecule has 2 saturated heterocycles. The summed E-state index contributed by atoms with van der Waals surface area (Å²) in [5, 5.41) is 0. The Hall–Kier alpha value is -2.24. The van der Waals surface area contributed by atoms with E-state index in [1.807, 2.05) is 7.05 Å². The average molecular weight is 316 g/mol. The molecule has 6 heteroatoms. The number of ether oxygens (including phenoxy) is 2. The highest BCUT2D eigenvalue weighted by atomic mass is 16.7. The van der Waals surface area contributed by atoms with Crippen LogP contribution in [0.4, 0.5) is 0 Å². The van der Waals surface area contributed by atoms with Gasteiger partial charge in [-0.1, -0.05) is 0 Å². The minimum atomic E-state index is -0.376. The SMILES string of the molecule is CN1CCCC2(CCN(C(=O)c3ccc4c(c3)OCO4)C2)C1=O. The monoisotopic (exact) mass is 316 g/mol. The van der Waals surface area contributed by atoms with Crippen LogP contribution in [0.5, 0.6) is 11.5 Å². The van der Waals surface area contributed by atoms with E-state index < -0.39 is 0 Å². The lowest BCUT2D eigenvalue weighted by atomic mass is 9.78. The molecule has 2 fully saturated rings. The fraction of sp³-hybridized carbons (Fsp3) is 0.529. The Labute approximate surface area is 134 Å². The van der Waals surface area contributed by atoms with Crippen LogP contribution < -0.4 is 9.47 Å². The van der Waals surface area contributed by atoms with E-state index in [2.05, 4.69) is 0 Å². The van der Waals surface area contributed by atoms with Crippen molar-refractivity contribution in [3.8, 4) is 11.5 Å². The molecule has 122 valence electrons. The van der Waals surface area contributed by atoms with Crippen LogP contribution in [0, 0.1) is 5.41 Å². The summed E-state index contributed by atoms with van der Waals surface area (Å²) in [5.74, 6) is 1.42. The van der Waals surface area contributed by atoms with Crippen molar-refractivity contribution in [2.45, 2.75) is 19.3 Å². The standard InChI is InChI=1S/C17H20N2O4/c1-18-7-2-5-17(16(18)21)6-8-19(10-17)15(20)12-3-4-13-14(9-12)23-11-22-13/h3-4,9H,2,5-8,10-11H2,1H3. The number of rotatable bonds is 1. The molecule has 1 atom stereocenters. The molecule has 0 N–H and O–H groups in total. The molecular weight excluding hydrogens is 296 g/mol. The van der Waals surface area contributed by atoms with Gasteiger partial charge < -0.3 is 19.3 Å². The first-order valence-electron chi connectivity index (χ1n) is 8.04. The maximum atomic E-state index is 12.8. The predicted octanol–water partition coefficient (Wildman–Crippen LogP) is 1.50. The highest BCUT2D eigenvalue weighted by Crippen LogP contribution is 2.40. The lowest BCUT2D eigenvalue weighted by Gasteiger charge is -2.37. The Morgan fingerprint density at radius 2 is 2.00 bits per heavy atom. The lowest BCUT2D eigenvalue weighted by molar-refractivity contribution is -0.143. The summed E-state index contributed by atoms with van der Waals surface area (Å²) in [7, 11) is 1.85. The molecule has 1 unspecified atom stereocenters. The van der Waals surface area contributed by atoms with Crippen molar-refractivity contribution in [1.29, 1.82) is 0 Å². The fourth-order valence-corrected chi connectivity index (χ4v) is 3.90. The van der Waals surface area contributed by atoms with E-state index in [0.29, 0.717) is 30.2 Å². The molecule has 23 heavy (non-hydrogen) atoms. The molecule has 3 aliphatic heterocycles. The normalized spacial score (nSPS) is 26.2. The smallest absolute Gasteiger partial charge is 0.254 e. The number of likely N-dealkylation sites (tertiary alicyclic amines) is 2. The first kappa shape index (κ1) is 14.4. The van der Waals surface area contributed by atoms with Crippen LogP contribution in [0.15, 0.2) is 18.2 Å². The number of fused-ring (bicyclic) bond motifs is 1. The summed E-state index contributed by atoms with van der Waals surface area (Å²) in [5.41, 5.74) is 0.210. The van der Waals surface area contributed by atoms with Gasteiger partial charge in [0.1, 0.15) is 0 Å². The zero-order chi connectivity index (χ0) is 16.0. The third-order valence-corrected chi connectivity index (χ3v) is 5.21. The van der Waals surface area contributed by atoms with Crippen LogP contribution in [0.3, 0.4) is 0 Å². The fourth-order valence-electron chi connectivity index (χ4n) is 3.90. The van der Waals surface area contributed by atoms with Gasteiger partial charge in [0.15, 0.2) is 11.5 Å². The summed E-state index contributed by atoms with van der Waals surface area (Å²) in [6.45, 7) is 2.16. The molecule has 6 nitrogen and oxygen atoms in total. The van der Waals surface area contributed by atoms with Gasteiger partial charge in [-0.25, -0.2) is 0 Å². The summed E-state index contributed by atoms with van der Waals surface area (Å²) in [4.78, 5) is 28.9. The third kappa shape index (κ3) is 2.24. The van der Waals surface area contributed by atoms with Gasteiger partial charge in [-0.2, -0.15) is 0 Å². The highest BCUT2D eigenvalue weighted by Gasteiger charge is 2.48. The van der Waals surface area contributed by atoms with E-state index in [0.717, 1.165) is 25.8 Å². The molecule has 0 saturated carbocycles. The molecule has 0 aromatic heterocycles. The number of carbonyl (C=O) groups is 2. The Morgan fingerprint density at radius 3 is 2.87 bits per heavy atom. The number of carbonyl (C=O) groups excluding carboxylic acids is 2. The van der Waals surface area contributed by atoms with Crippen molar-refractivity contribution in [1.82, 2.24) is 9.80 Å². The van der Waals surface area contributed by atoms with E-state index in [9.17, 15) is 9.59 Å². The molecule has 2 amide bonds. The van der Waals surface area contributed by atoms with Crippen LogP contribution in [-0.2, 0) is 4.79 Å². The van der Waals surface area contributed by atoms with Gasteiger partial charge in [0.2, 0.25) is 12.7 Å². The Morgan fingerprint density at radius 1 is 1.17 bits per heavy atom. The molecule has 1 aromatic rings. The Bertz CT molecular complexity index is 675. The van der Waals surface area contributed by atoms with Crippen molar-refractivity contribution in [3.63, 3.8) is 0 Å². The molecule has 1 spiro atoms. The van der Waals surface area contributed by atoms with E-state index in [-0.39, 0.29) is 24.0 Å². The van der Waals surface area contributed by atoms with Crippen LogP contribution in [0.2, 0.25) is 0 Å². The minimum Gasteiger partial charge on any atom is -0.454 e. The average Bonchev–Trinajstić information content (AvgIpc) is 3.19. The van der Waals surface area contributed by atoms with Crippen LogP contribution in [0.1, 0.15) is 29.6 Å². The molecule has 0 radical (unpaired) electrons. The first-order chi connectivity index (χ1) is 11.1. The summed E-state index contributed by atoms with van der Waals surface area (Å²) in [6.07, 6.45) is 2.64. The molecule has 0 aliphatic carbocycles. The second-order valence-electron chi connectivity index (χ2n) is 6.66. The van der Waals surface area contributed by atoms with E-state index >= 15 is 0 Å². The van der Waals surface area contributed by atoms with Crippen molar-refractivity contribution in [2.24, 2.45) is 5.41 Å². The van der Waals surface area contributed by atoms with Crippen LogP contribution in [-0.4, -0.2) is 55.1 Å². The van der Waals surface area contributed by atoms with Crippen molar-refractivity contribution < 1.29 is 19.1 Å². The van der Waals surface area contributed by atoms with Crippen molar-refractivity contribution in [2.75, 3.05) is 33.5 Å². The van der Waals surface area contributed by atoms with Crippen molar-refractivity contribution >= 4 is 11.8 Å². The number of hydrogen-bond acceptors (Lipinski definition) is 4. The molecule has 1 aromatic carbocycles. The van der Waals surface area contributed by atoms with Gasteiger partial charge in [-0.05, 0) is 37.5 Å². The zero-order valence-corrected chi connectivity index (χ0v) is 13.2. The van der Waals surface area contributed by atoms with Gasteiger partial charge in [0, 0.05) is 32.2 Å².